The number of rotatable bonds is 7. The van der Waals surface area contributed by atoms with E-state index in [9.17, 15) is 9.59 Å². The molecule has 2 heterocycles. The van der Waals surface area contributed by atoms with E-state index < -0.39 is 0 Å². The minimum Gasteiger partial charge on any atom is -0.350 e. The van der Waals surface area contributed by atoms with E-state index in [1.807, 2.05) is 17.0 Å². The second-order valence-electron chi connectivity index (χ2n) is 9.09. The van der Waals surface area contributed by atoms with Gasteiger partial charge in [-0.05, 0) is 74.3 Å². The number of benzene rings is 2. The van der Waals surface area contributed by atoms with Crippen LogP contribution in [0.25, 0.3) is 0 Å². The fraction of sp³-hybridized carbons (Fsp3) is 0.440. The third kappa shape index (κ3) is 7.25. The van der Waals surface area contributed by atoms with Crippen LogP contribution < -0.4 is 10.6 Å². The Bertz CT molecular complexity index is 1060. The molecule has 2 N–H and O–H groups in total. The molecule has 2 aromatic rings. The second-order valence-corrected chi connectivity index (χ2v) is 10.8. The maximum absolute atomic E-state index is 13.5. The Morgan fingerprint density at radius 2 is 1.69 bits per heavy atom. The van der Waals surface area contributed by atoms with Gasteiger partial charge >= 0.3 is 0 Å². The highest BCUT2D eigenvalue weighted by atomic mass is 35.5. The van der Waals surface area contributed by atoms with Crippen molar-refractivity contribution in [3.8, 4) is 0 Å². The second kappa shape index (κ2) is 12.1. The number of nitrogens with zero attached hydrogens (tertiary/aromatic N) is 2. The lowest BCUT2D eigenvalue weighted by Crippen LogP contribution is -2.53. The van der Waals surface area contributed by atoms with Crippen LogP contribution in [0.1, 0.15) is 35.2 Å². The Labute approximate surface area is 225 Å². The van der Waals surface area contributed by atoms with Gasteiger partial charge in [0.15, 0.2) is 0 Å². The van der Waals surface area contributed by atoms with Crippen LogP contribution in [-0.4, -0.2) is 66.4 Å². The van der Waals surface area contributed by atoms with Gasteiger partial charge in [0.05, 0.1) is 16.1 Å². The van der Waals surface area contributed by atoms with Gasteiger partial charge in [0.2, 0.25) is 5.91 Å². The fourth-order valence-electron chi connectivity index (χ4n) is 4.63. The quantitative estimate of drug-likeness (QED) is 0.509. The van der Waals surface area contributed by atoms with Crippen molar-refractivity contribution >= 4 is 58.2 Å². The van der Waals surface area contributed by atoms with Gasteiger partial charge in [-0.1, -0.05) is 46.4 Å². The summed E-state index contributed by atoms with van der Waals surface area (Å²) in [6.45, 7) is 4.00. The van der Waals surface area contributed by atoms with Crippen molar-refractivity contribution < 1.29 is 9.59 Å². The van der Waals surface area contributed by atoms with Crippen LogP contribution in [0.5, 0.6) is 0 Å². The average Bonchev–Trinajstić information content (AvgIpc) is 3.28. The molecule has 188 valence electrons. The molecule has 0 aliphatic carbocycles. The summed E-state index contributed by atoms with van der Waals surface area (Å²) in [5.74, 6) is -0.186. The van der Waals surface area contributed by atoms with E-state index in [1.54, 1.807) is 24.3 Å². The molecule has 2 saturated heterocycles. The van der Waals surface area contributed by atoms with Crippen LogP contribution in [0.3, 0.4) is 0 Å². The van der Waals surface area contributed by atoms with E-state index in [0.29, 0.717) is 58.3 Å². The zero-order chi connectivity index (χ0) is 24.9. The van der Waals surface area contributed by atoms with Gasteiger partial charge in [0.1, 0.15) is 0 Å². The lowest BCUT2D eigenvalue weighted by molar-refractivity contribution is -0.133. The standard InChI is InChI=1S/C25H28Cl4N4O2/c26-18-9-16(10-19(27)12-18)14-33-8-5-20(31-23(25(33)35)15-32-6-1-2-7-32)13-30-24(34)17-3-4-21(28)22(29)11-17/h3-4,9-12,20,23,31H,1-2,5-8,13-15H2,(H,30,34)/t20-,23-/m0/s1. The molecule has 0 unspecified atom stereocenters. The van der Waals surface area contributed by atoms with Crippen LogP contribution >= 0.6 is 46.4 Å². The smallest absolute Gasteiger partial charge is 0.251 e. The van der Waals surface area contributed by atoms with Gasteiger partial charge < -0.3 is 20.4 Å². The van der Waals surface area contributed by atoms with Crippen LogP contribution in [0.15, 0.2) is 36.4 Å². The summed E-state index contributed by atoms with van der Waals surface area (Å²) in [4.78, 5) is 30.4. The predicted octanol–water partition coefficient (Wildman–Crippen LogP) is 4.89. The van der Waals surface area contributed by atoms with Crippen molar-refractivity contribution in [2.45, 2.75) is 37.9 Å². The Balaban J connectivity index is 1.45. The number of carbonyl (C=O) groups excluding carboxylic acids is 2. The summed E-state index contributed by atoms with van der Waals surface area (Å²) in [6, 6.07) is 9.73. The zero-order valence-corrected chi connectivity index (χ0v) is 22.2. The Morgan fingerprint density at radius 3 is 2.37 bits per heavy atom. The molecule has 2 atom stereocenters. The SMILES string of the molecule is O=C(NC[C@@H]1CCN(Cc2cc(Cl)cc(Cl)c2)C(=O)[C@H](CN2CCCC2)N1)c1ccc(Cl)c(Cl)c1. The Kier molecular flexibility index (Phi) is 9.19. The van der Waals surface area contributed by atoms with Gasteiger partial charge in [0, 0.05) is 47.8 Å². The average molecular weight is 558 g/mol. The van der Waals surface area contributed by atoms with Gasteiger partial charge in [-0.15, -0.1) is 0 Å². The van der Waals surface area contributed by atoms with Crippen molar-refractivity contribution in [3.05, 3.63) is 67.6 Å². The molecule has 2 fully saturated rings. The van der Waals surface area contributed by atoms with Crippen LogP contribution in [0, 0.1) is 0 Å². The summed E-state index contributed by atoms with van der Waals surface area (Å²) in [7, 11) is 0. The highest BCUT2D eigenvalue weighted by Crippen LogP contribution is 2.23. The minimum atomic E-state index is -0.364. The molecule has 0 bridgehead atoms. The molecule has 10 heteroatoms. The van der Waals surface area contributed by atoms with E-state index in [4.69, 9.17) is 46.4 Å². The van der Waals surface area contributed by atoms with Crippen LogP contribution in [-0.2, 0) is 11.3 Å². The zero-order valence-electron chi connectivity index (χ0n) is 19.2. The van der Waals surface area contributed by atoms with Crippen LogP contribution in [0.4, 0.5) is 0 Å². The number of carbonyl (C=O) groups is 2. The molecule has 0 saturated carbocycles. The first-order valence-electron chi connectivity index (χ1n) is 11.7. The summed E-state index contributed by atoms with van der Waals surface area (Å²) in [5.41, 5.74) is 1.33. The normalized spacial score (nSPS) is 21.3. The van der Waals surface area contributed by atoms with Gasteiger partial charge in [-0.3, -0.25) is 9.59 Å². The predicted molar refractivity (Wildman–Crippen MR) is 142 cm³/mol. The largest absolute Gasteiger partial charge is 0.350 e. The van der Waals surface area contributed by atoms with E-state index in [1.165, 1.54) is 0 Å². The minimum absolute atomic E-state index is 0.0475. The monoisotopic (exact) mass is 556 g/mol. The molecule has 2 aliphatic rings. The molecular weight excluding hydrogens is 530 g/mol. The molecule has 2 amide bonds. The summed E-state index contributed by atoms with van der Waals surface area (Å²) < 4.78 is 0. The summed E-state index contributed by atoms with van der Waals surface area (Å²) in [5, 5.41) is 8.31. The molecule has 6 nitrogen and oxygen atoms in total. The third-order valence-corrected chi connectivity index (χ3v) is 7.60. The van der Waals surface area contributed by atoms with E-state index in [2.05, 4.69) is 15.5 Å². The van der Waals surface area contributed by atoms with Crippen LogP contribution in [0.2, 0.25) is 20.1 Å². The lowest BCUT2D eigenvalue weighted by Gasteiger charge is -2.28. The number of halogens is 4. The first kappa shape index (κ1) is 26.5. The Hall–Kier alpha value is -1.54. The molecule has 2 aliphatic heterocycles. The highest BCUT2D eigenvalue weighted by molar-refractivity contribution is 6.42. The number of hydrogen-bond donors (Lipinski definition) is 2. The fourth-order valence-corrected chi connectivity index (χ4v) is 5.50. The molecule has 0 aromatic heterocycles. The Morgan fingerprint density at radius 1 is 0.971 bits per heavy atom. The lowest BCUT2D eigenvalue weighted by atomic mass is 10.1. The molecular formula is C25H28Cl4N4O2. The third-order valence-electron chi connectivity index (χ3n) is 6.42. The summed E-state index contributed by atoms with van der Waals surface area (Å²) >= 11 is 24.4. The maximum Gasteiger partial charge on any atom is 0.251 e. The topological polar surface area (TPSA) is 64.7 Å². The van der Waals surface area contributed by atoms with Crippen molar-refractivity contribution in [2.24, 2.45) is 0 Å². The first-order chi connectivity index (χ1) is 16.8. The number of hydrogen-bond acceptors (Lipinski definition) is 4. The van der Waals surface area contributed by atoms with Crippen molar-refractivity contribution in [3.63, 3.8) is 0 Å². The first-order valence-corrected chi connectivity index (χ1v) is 13.2. The number of nitrogens with one attached hydrogen (secondary N) is 2. The molecule has 0 spiro atoms. The van der Waals surface area contributed by atoms with E-state index in [-0.39, 0.29) is 23.9 Å². The molecule has 4 rings (SSSR count). The summed E-state index contributed by atoms with van der Waals surface area (Å²) in [6.07, 6.45) is 2.99. The van der Waals surface area contributed by atoms with E-state index in [0.717, 1.165) is 31.5 Å². The maximum atomic E-state index is 13.5. The number of likely N-dealkylation sites (tertiary alicyclic amines) is 1. The van der Waals surface area contributed by atoms with Gasteiger partial charge in [-0.2, -0.15) is 0 Å². The number of amides is 2. The van der Waals surface area contributed by atoms with Crippen molar-refractivity contribution in [1.82, 2.24) is 20.4 Å². The molecule has 2 aromatic carbocycles. The van der Waals surface area contributed by atoms with Gasteiger partial charge in [-0.25, -0.2) is 0 Å². The van der Waals surface area contributed by atoms with Crippen molar-refractivity contribution in [1.29, 1.82) is 0 Å². The van der Waals surface area contributed by atoms with E-state index >= 15 is 0 Å². The van der Waals surface area contributed by atoms with Crippen molar-refractivity contribution in [2.75, 3.05) is 32.7 Å². The van der Waals surface area contributed by atoms with Gasteiger partial charge in [0.25, 0.3) is 5.91 Å². The molecule has 0 radical (unpaired) electrons. The molecule has 35 heavy (non-hydrogen) atoms. The highest BCUT2D eigenvalue weighted by Gasteiger charge is 2.33.